The minimum absolute atomic E-state index is 0.0677. The summed E-state index contributed by atoms with van der Waals surface area (Å²) >= 11 is 6.13. The molecule has 1 atom stereocenters. The van der Waals surface area contributed by atoms with Gasteiger partial charge in [-0.25, -0.2) is 0 Å². The maximum Gasteiger partial charge on any atom is 0.274 e. The van der Waals surface area contributed by atoms with Gasteiger partial charge in [-0.3, -0.25) is 14.9 Å². The summed E-state index contributed by atoms with van der Waals surface area (Å²) in [6, 6.07) is 9.93. The van der Waals surface area contributed by atoms with E-state index >= 15 is 0 Å². The molecule has 2 heterocycles. The Hall–Kier alpha value is -3.30. The third kappa shape index (κ3) is 4.46. The van der Waals surface area contributed by atoms with E-state index in [2.05, 4.69) is 4.98 Å². The van der Waals surface area contributed by atoms with Crippen LogP contribution in [-0.2, 0) is 0 Å². The number of quaternary nitrogens is 1. The van der Waals surface area contributed by atoms with Gasteiger partial charge in [-0.15, -0.1) is 11.6 Å². The van der Waals surface area contributed by atoms with Crippen LogP contribution in [0.4, 0.5) is 11.4 Å². The zero-order chi connectivity index (χ0) is 23.7. The number of ether oxygens (including phenoxy) is 2. The normalized spacial score (nSPS) is 15.2. The van der Waals surface area contributed by atoms with E-state index in [0.717, 1.165) is 17.5 Å². The minimum Gasteiger partial charge on any atom is -0.497 e. The number of rotatable bonds is 8. The molecule has 3 aromatic rings. The molecule has 0 spiro atoms. The van der Waals surface area contributed by atoms with Crippen LogP contribution in [0.5, 0.6) is 11.5 Å². The first kappa shape index (κ1) is 22.9. The van der Waals surface area contributed by atoms with Crippen LogP contribution in [0.25, 0.3) is 10.9 Å². The van der Waals surface area contributed by atoms with Crippen LogP contribution in [0.1, 0.15) is 22.0 Å². The summed E-state index contributed by atoms with van der Waals surface area (Å²) in [5.74, 6) is 1.15. The van der Waals surface area contributed by atoms with Gasteiger partial charge in [0, 0.05) is 41.9 Å². The van der Waals surface area contributed by atoms with Gasteiger partial charge < -0.3 is 24.3 Å². The molecule has 2 N–H and O–H groups in total. The largest absolute Gasteiger partial charge is 0.497 e. The van der Waals surface area contributed by atoms with E-state index in [4.69, 9.17) is 21.1 Å². The number of aromatic nitrogens is 1. The fourth-order valence-corrected chi connectivity index (χ4v) is 4.27. The van der Waals surface area contributed by atoms with Crippen LogP contribution in [-0.4, -0.2) is 62.6 Å². The molecule has 0 saturated carbocycles. The number of nitrogens with one attached hydrogen (secondary N) is 2. The van der Waals surface area contributed by atoms with E-state index in [-0.39, 0.29) is 17.5 Å². The Kier molecular flexibility index (Phi) is 6.44. The number of anilines is 1. The molecule has 0 aliphatic carbocycles. The van der Waals surface area contributed by atoms with Gasteiger partial charge in [0.15, 0.2) is 0 Å². The van der Waals surface area contributed by atoms with Crippen LogP contribution in [0.15, 0.2) is 36.4 Å². The van der Waals surface area contributed by atoms with Gasteiger partial charge in [0.25, 0.3) is 11.6 Å². The molecule has 0 saturated heterocycles. The number of non-ortho nitro benzene ring substituents is 1. The number of aromatic amines is 1. The van der Waals surface area contributed by atoms with Gasteiger partial charge in [-0.1, -0.05) is 0 Å². The van der Waals surface area contributed by atoms with Gasteiger partial charge in [0.2, 0.25) is 0 Å². The number of halogens is 1. The van der Waals surface area contributed by atoms with Gasteiger partial charge in [0.1, 0.15) is 30.3 Å². The van der Waals surface area contributed by atoms with E-state index in [1.54, 1.807) is 30.2 Å². The Morgan fingerprint density at radius 2 is 2.09 bits per heavy atom. The van der Waals surface area contributed by atoms with Crippen molar-refractivity contribution >= 4 is 39.8 Å². The molecule has 2 aromatic carbocycles. The molecule has 33 heavy (non-hydrogen) atoms. The molecular formula is C23H26ClN4O5+. The molecule has 1 unspecified atom stereocenters. The summed E-state index contributed by atoms with van der Waals surface area (Å²) < 4.78 is 11.4. The molecule has 1 amide bonds. The number of nitro benzene ring substituents is 1. The summed E-state index contributed by atoms with van der Waals surface area (Å²) in [4.78, 5) is 30.3. The van der Waals surface area contributed by atoms with Crippen LogP contribution < -0.4 is 19.3 Å². The van der Waals surface area contributed by atoms with Gasteiger partial charge in [0.05, 0.1) is 37.3 Å². The summed E-state index contributed by atoms with van der Waals surface area (Å²) in [7, 11) is 5.67. The zero-order valence-electron chi connectivity index (χ0n) is 18.7. The molecule has 10 heteroatoms. The number of benzene rings is 2. The van der Waals surface area contributed by atoms with Crippen LogP contribution in [0.2, 0.25) is 0 Å². The number of methoxy groups -OCH3 is 1. The standard InChI is InChI=1S/C23H25ClN4O5/c1-26(2)6-7-33-21-11-17(32-3)8-14-9-19(25-22(14)21)23(29)27-13-15(12-24)18-5-4-16(28(30)31)10-20(18)27/h4-5,8-11,15,25H,6-7,12-13H2,1-3H3/p+1. The van der Waals surface area contributed by atoms with Crippen LogP contribution >= 0.6 is 11.6 Å². The SMILES string of the molecule is COc1cc(OCC[NH+](C)C)c2[nH]c(C(=O)N3CC(CCl)c4ccc([N+](=O)[O-])cc43)cc2c1. The highest BCUT2D eigenvalue weighted by atomic mass is 35.5. The lowest BCUT2D eigenvalue weighted by Gasteiger charge is -2.16. The van der Waals surface area contributed by atoms with Crippen molar-refractivity contribution in [1.29, 1.82) is 0 Å². The third-order valence-corrected chi connectivity index (χ3v) is 6.15. The molecule has 0 fully saturated rings. The number of H-pyrrole nitrogens is 1. The summed E-state index contributed by atoms with van der Waals surface area (Å²) in [5, 5.41) is 12.1. The number of nitrogens with zero attached hydrogens (tertiary/aromatic N) is 2. The third-order valence-electron chi connectivity index (χ3n) is 5.78. The van der Waals surface area contributed by atoms with Crippen molar-refractivity contribution in [3.8, 4) is 11.5 Å². The lowest BCUT2D eigenvalue weighted by atomic mass is 10.0. The van der Waals surface area contributed by atoms with E-state index in [1.165, 1.54) is 17.0 Å². The summed E-state index contributed by atoms with van der Waals surface area (Å²) in [5.41, 5.74) is 2.33. The van der Waals surface area contributed by atoms with E-state index in [1.807, 2.05) is 20.2 Å². The van der Waals surface area contributed by atoms with E-state index in [9.17, 15) is 14.9 Å². The highest BCUT2D eigenvalue weighted by Crippen LogP contribution is 2.40. The molecule has 0 bridgehead atoms. The Morgan fingerprint density at radius 1 is 1.30 bits per heavy atom. The van der Waals surface area contributed by atoms with Gasteiger partial charge in [-0.2, -0.15) is 0 Å². The number of carbonyl (C=O) groups is 1. The number of fused-ring (bicyclic) bond motifs is 2. The quantitative estimate of drug-likeness (QED) is 0.297. The zero-order valence-corrected chi connectivity index (χ0v) is 19.4. The number of hydrogen-bond donors (Lipinski definition) is 2. The first-order chi connectivity index (χ1) is 15.8. The number of likely N-dealkylation sites (N-methyl/N-ethyl adjacent to an activating group) is 1. The second-order valence-corrected chi connectivity index (χ2v) is 8.65. The fourth-order valence-electron chi connectivity index (χ4n) is 4.01. The molecule has 174 valence electrons. The second-order valence-electron chi connectivity index (χ2n) is 8.35. The fraction of sp³-hybridized carbons (Fsp3) is 0.348. The predicted octanol–water partition coefficient (Wildman–Crippen LogP) is 2.59. The minimum atomic E-state index is -0.467. The smallest absolute Gasteiger partial charge is 0.274 e. The lowest BCUT2D eigenvalue weighted by molar-refractivity contribution is -0.858. The monoisotopic (exact) mass is 473 g/mol. The molecule has 4 rings (SSSR count). The Labute approximate surface area is 196 Å². The maximum absolute atomic E-state index is 13.5. The number of amides is 1. The van der Waals surface area contributed by atoms with Crippen LogP contribution in [0, 0.1) is 10.1 Å². The highest BCUT2D eigenvalue weighted by Gasteiger charge is 2.34. The number of carbonyl (C=O) groups excluding carboxylic acids is 1. The van der Waals surface area contributed by atoms with Crippen molar-refractivity contribution in [3.05, 3.63) is 57.8 Å². The lowest BCUT2D eigenvalue weighted by Crippen LogP contribution is -3.06. The van der Waals surface area contributed by atoms with Crippen molar-refractivity contribution < 1.29 is 24.1 Å². The molecule has 0 radical (unpaired) electrons. The first-order valence-corrected chi connectivity index (χ1v) is 11.1. The van der Waals surface area contributed by atoms with Crippen molar-refractivity contribution in [2.45, 2.75) is 5.92 Å². The highest BCUT2D eigenvalue weighted by molar-refractivity contribution is 6.19. The van der Waals surface area contributed by atoms with Crippen molar-refractivity contribution in [2.75, 3.05) is 51.7 Å². The predicted molar refractivity (Wildman–Crippen MR) is 126 cm³/mol. The van der Waals surface area contributed by atoms with Crippen molar-refractivity contribution in [3.63, 3.8) is 0 Å². The second kappa shape index (κ2) is 9.29. The summed E-state index contributed by atoms with van der Waals surface area (Å²) in [6.07, 6.45) is 0. The van der Waals surface area contributed by atoms with Crippen LogP contribution in [0.3, 0.4) is 0 Å². The van der Waals surface area contributed by atoms with E-state index < -0.39 is 4.92 Å². The first-order valence-electron chi connectivity index (χ1n) is 10.6. The average Bonchev–Trinajstić information content (AvgIpc) is 3.39. The average molecular weight is 474 g/mol. The van der Waals surface area contributed by atoms with E-state index in [0.29, 0.717) is 47.4 Å². The molecule has 1 aromatic heterocycles. The topological polar surface area (TPSA) is 102 Å². The number of nitro groups is 1. The summed E-state index contributed by atoms with van der Waals surface area (Å²) in [6.45, 7) is 1.67. The number of hydrogen-bond acceptors (Lipinski definition) is 5. The van der Waals surface area contributed by atoms with Crippen molar-refractivity contribution in [2.24, 2.45) is 0 Å². The molecule has 1 aliphatic heterocycles. The van der Waals surface area contributed by atoms with Gasteiger partial charge >= 0.3 is 0 Å². The number of alkyl halides is 1. The molecular weight excluding hydrogens is 448 g/mol. The Balaban J connectivity index is 1.70. The molecule has 9 nitrogen and oxygen atoms in total. The van der Waals surface area contributed by atoms with Gasteiger partial charge in [-0.05, 0) is 23.8 Å². The Bertz CT molecular complexity index is 1210. The molecule has 1 aliphatic rings. The maximum atomic E-state index is 13.5. The Morgan fingerprint density at radius 3 is 2.76 bits per heavy atom. The van der Waals surface area contributed by atoms with Crippen molar-refractivity contribution in [1.82, 2.24) is 4.98 Å².